The minimum atomic E-state index is -4.66. The van der Waals surface area contributed by atoms with Crippen LogP contribution in [0.3, 0.4) is 0 Å². The topological polar surface area (TPSA) is 214 Å². The number of esters is 6. The van der Waals surface area contributed by atoms with Crippen LogP contribution in [0, 0.1) is 60.2 Å². The molecule has 0 amide bonds. The normalized spacial score (nSPS) is 11.3. The number of carbonyl (C=O) groups excluding carboxylic acids is 7. The Kier molecular flexibility index (Phi) is 56.1. The van der Waals surface area contributed by atoms with Crippen LogP contribution in [0.1, 0.15) is 193 Å². The predicted octanol–water partition coefficient (Wildman–Crippen LogP) is 27.3. The lowest BCUT2D eigenvalue weighted by Gasteiger charge is -2.39. The van der Waals surface area contributed by atoms with Crippen molar-refractivity contribution in [3.05, 3.63) is 270 Å². The number of sulfone groups is 1. The molecule has 129 heavy (non-hydrogen) atoms. The molecule has 0 aliphatic carbocycles. The van der Waals surface area contributed by atoms with Crippen molar-refractivity contribution < 1.29 is 83.6 Å². The number of ether oxygens (including phenoxy) is 6. The summed E-state index contributed by atoms with van der Waals surface area (Å²) in [5, 5.41) is 2.02. The smallest absolute Gasteiger partial charge is 0.450 e. The Morgan fingerprint density at radius 1 is 0.434 bits per heavy atom. The van der Waals surface area contributed by atoms with Gasteiger partial charge < -0.3 is 33.0 Å². The number of rotatable bonds is 25. The minimum Gasteiger partial charge on any atom is -0.466 e. The summed E-state index contributed by atoms with van der Waals surface area (Å²) < 4.78 is 87.8. The van der Waals surface area contributed by atoms with Crippen LogP contribution in [-0.4, -0.2) is 103 Å². The third-order valence-corrected chi connectivity index (χ3v) is 22.3. The quantitative estimate of drug-likeness (QED) is 0.0130. The van der Waals surface area contributed by atoms with Crippen LogP contribution in [0.4, 0.5) is 13.2 Å². The molecule has 0 fully saturated rings. The molecule has 0 aliphatic rings. The first kappa shape index (κ1) is 120. The van der Waals surface area contributed by atoms with Crippen molar-refractivity contribution in [3.63, 3.8) is 0 Å². The fourth-order valence-corrected chi connectivity index (χ4v) is 13.0. The van der Waals surface area contributed by atoms with E-state index < -0.39 is 39.6 Å². The van der Waals surface area contributed by atoms with Gasteiger partial charge in [-0.3, -0.25) is 33.6 Å². The van der Waals surface area contributed by atoms with E-state index in [9.17, 15) is 55.2 Å². The maximum atomic E-state index is 11.7. The van der Waals surface area contributed by atoms with Gasteiger partial charge in [0.15, 0.2) is 16.6 Å². The van der Waals surface area contributed by atoms with Gasteiger partial charge in [0.25, 0.3) is 0 Å². The molecule has 0 aliphatic heterocycles. The van der Waals surface area contributed by atoms with Crippen LogP contribution < -0.4 is 0 Å². The average Bonchev–Trinajstić information content (AvgIpc) is 1.63. The molecule has 24 heteroatoms. The third kappa shape index (κ3) is 49.4. The summed E-state index contributed by atoms with van der Waals surface area (Å²) in [6.45, 7) is 55.8. The summed E-state index contributed by atoms with van der Waals surface area (Å²) in [5.41, 5.74) is 9.30. The number of Topliss-reactive ketones (excluding diaryl/α,β-unsaturated/α-hetero) is 1. The lowest BCUT2D eigenvalue weighted by Crippen LogP contribution is -2.35. The number of benzene rings is 8. The number of halogens is 6. The monoisotopic (exact) mass is 1880 g/mol. The van der Waals surface area contributed by atoms with Crippen LogP contribution in [-0.2, 0) is 97.0 Å². The molecular formula is C105H145Cl3F3NO15SSi. The minimum absolute atomic E-state index is 0.00614. The van der Waals surface area contributed by atoms with Crippen molar-refractivity contribution in [2.45, 2.75) is 243 Å². The predicted molar refractivity (Wildman–Crippen MR) is 527 cm³/mol. The Morgan fingerprint density at radius 3 is 1.09 bits per heavy atom. The number of ketones is 1. The van der Waals surface area contributed by atoms with Gasteiger partial charge in [0.05, 0.1) is 63.3 Å². The van der Waals surface area contributed by atoms with Crippen molar-refractivity contribution in [3.8, 4) is 0 Å². The zero-order valence-electron chi connectivity index (χ0n) is 81.1. The zero-order valence-corrected chi connectivity index (χ0v) is 85.2. The highest BCUT2D eigenvalue weighted by Crippen LogP contribution is 2.45. The van der Waals surface area contributed by atoms with Gasteiger partial charge in [-0.2, -0.15) is 13.2 Å². The van der Waals surface area contributed by atoms with Crippen LogP contribution in [0.25, 0.3) is 21.8 Å². The molecule has 0 N–H and O–H groups in total. The SMILES string of the molecule is C=CCOC(=O)C(C)C.CC(C)C(=O)C(F)(F)F.CC(C)C(=O)OC(C)(C)C.CC(C)C(=O)OCC(Cl)(Cl)Cl.CC(C)C(=O)OCC[Si](C)(C)C.CC(C)C(=O)OCc1ccccc1.CC(C)C(=O)OCn1c2ccccc2c2ccccc21.CC(C)C(c1ccccc1)(c1ccccc1)c1ccccc1.CC(C)Cc1ccccc1.Cc1ccc(S(=O)(=O)C(C)C)cc1. The Labute approximate surface area is 785 Å². The average molecular weight is 1880 g/mol. The fraction of sp³-hybridized carbons (Fsp3) is 0.457. The summed E-state index contributed by atoms with van der Waals surface area (Å²) in [5.74, 6) is -2.89. The second kappa shape index (κ2) is 60.6. The molecule has 9 rings (SSSR count). The van der Waals surface area contributed by atoms with E-state index in [2.05, 4.69) is 204 Å². The van der Waals surface area contributed by atoms with E-state index in [0.29, 0.717) is 30.6 Å². The van der Waals surface area contributed by atoms with Gasteiger partial charge in [0.1, 0.15) is 25.4 Å². The molecule has 1 heterocycles. The van der Waals surface area contributed by atoms with E-state index in [1.165, 1.54) is 53.3 Å². The van der Waals surface area contributed by atoms with Gasteiger partial charge in [0.2, 0.25) is 9.58 Å². The molecule has 712 valence electrons. The third-order valence-electron chi connectivity index (χ3n) is 18.1. The molecule has 8 aromatic carbocycles. The van der Waals surface area contributed by atoms with E-state index in [4.69, 9.17) is 58.5 Å². The Balaban J connectivity index is 0.00000144. The van der Waals surface area contributed by atoms with Crippen LogP contribution in [0.15, 0.2) is 242 Å². The van der Waals surface area contributed by atoms with E-state index in [-0.39, 0.29) is 101 Å². The van der Waals surface area contributed by atoms with Crippen molar-refractivity contribution >= 4 is 116 Å². The Bertz CT molecular complexity index is 4660. The summed E-state index contributed by atoms with van der Waals surface area (Å²) >= 11 is 16.0. The number of aromatic nitrogens is 1. The van der Waals surface area contributed by atoms with E-state index in [0.717, 1.165) is 34.1 Å². The molecule has 0 bridgehead atoms. The highest BCUT2D eigenvalue weighted by Gasteiger charge is 2.40. The van der Waals surface area contributed by atoms with Gasteiger partial charge in [-0.15, -0.1) is 0 Å². The molecular weight excluding hydrogens is 1740 g/mol. The van der Waals surface area contributed by atoms with Crippen molar-refractivity contribution in [2.75, 3.05) is 19.8 Å². The summed E-state index contributed by atoms with van der Waals surface area (Å²) in [7, 11) is -4.13. The number of hydrogen-bond acceptors (Lipinski definition) is 15. The number of aryl methyl sites for hydroxylation is 1. The molecule has 16 nitrogen and oxygen atoms in total. The van der Waals surface area contributed by atoms with Gasteiger partial charge in [-0.25, -0.2) is 8.42 Å². The van der Waals surface area contributed by atoms with Gasteiger partial charge in [-0.05, 0) is 118 Å². The standard InChI is InChI=1S/C22H22.C17H17NO2.C11H14O2.C10H14O2S.C10H14.C9H20O2Si.C8H16O2.C7H12O2.C6H9Cl3O2.C5H7F3O/c1-18(2)22(19-12-6-3-7-13-19,20-14-8-4-9-15-20)21-16-10-5-11-17-21;1-12(2)17(19)20-11-18-15-9-5-3-7-13(15)14-8-4-6-10-16(14)18;1-9(2)11(12)13-8-10-6-4-3-5-7-10;1-8(2)13(11,12)10-6-4-9(3)5-7-10;1-9(2)8-10-6-4-3-5-7-10;1-8(2)9(10)11-6-7-12(3,4)5;1-6(2)7(9)10-8(3,4)5;1-4-5-9-7(8)6(2)3;1-4(2)5(10)11-3-6(7,8)9;1-3(2)4(9)5(6,7)8/h3-18H,1-2H3;3-10,12H,11H2,1-2H3;3-7,9H,8H2,1-2H3;4-8H,1-3H3;3-7,9H,8H2,1-2H3;8H,6-7H2,1-5H3;6H,1-5H3;4,6H,1,5H2,2-3H3;4H,3H2,1-2H3;3H,1-2H3. The Morgan fingerprint density at radius 2 is 0.775 bits per heavy atom. The van der Waals surface area contributed by atoms with E-state index in [1.54, 1.807) is 59.8 Å². The maximum absolute atomic E-state index is 11.7. The molecule has 1 aromatic heterocycles. The summed E-state index contributed by atoms with van der Waals surface area (Å²) in [6.07, 6.45) is -1.91. The van der Waals surface area contributed by atoms with Crippen molar-refractivity contribution in [1.82, 2.24) is 4.57 Å². The van der Waals surface area contributed by atoms with E-state index in [1.807, 2.05) is 154 Å². The first-order valence-corrected chi connectivity index (χ1v) is 50.1. The van der Waals surface area contributed by atoms with Crippen LogP contribution in [0.5, 0.6) is 0 Å². The highest BCUT2D eigenvalue weighted by molar-refractivity contribution is 7.92. The number of alkyl halides is 6. The summed E-state index contributed by atoms with van der Waals surface area (Å²) in [4.78, 5) is 76.6. The second-order valence-corrected chi connectivity index (χ2v) is 46.4. The molecule has 0 saturated carbocycles. The van der Waals surface area contributed by atoms with Crippen molar-refractivity contribution in [2.24, 2.45) is 53.3 Å². The van der Waals surface area contributed by atoms with Crippen LogP contribution >= 0.6 is 34.8 Å². The van der Waals surface area contributed by atoms with E-state index >= 15 is 0 Å². The number of fused-ring (bicyclic) bond motifs is 3. The number of nitrogens with zero attached hydrogens (tertiary/aromatic N) is 1. The van der Waals surface area contributed by atoms with Crippen molar-refractivity contribution in [1.29, 1.82) is 0 Å². The molecule has 0 radical (unpaired) electrons. The second-order valence-electron chi connectivity index (χ2n) is 35.8. The largest absolute Gasteiger partial charge is 0.466 e. The number of para-hydroxylation sites is 2. The first-order chi connectivity index (χ1) is 59.9. The molecule has 0 atom stereocenters. The molecule has 0 spiro atoms. The molecule has 0 unspecified atom stereocenters. The maximum Gasteiger partial charge on any atom is 0.450 e. The molecule has 9 aromatic rings. The Hall–Kier alpha value is -9.38. The lowest BCUT2D eigenvalue weighted by molar-refractivity contribution is -0.174. The lowest BCUT2D eigenvalue weighted by atomic mass is 9.63. The molecule has 0 saturated heterocycles. The van der Waals surface area contributed by atoms with Gasteiger partial charge in [0, 0.05) is 30.2 Å². The highest BCUT2D eigenvalue weighted by atomic mass is 35.6. The van der Waals surface area contributed by atoms with Crippen LogP contribution in [0.2, 0.25) is 25.7 Å². The first-order valence-electron chi connectivity index (χ1n) is 43.7. The van der Waals surface area contributed by atoms with Gasteiger partial charge in [-0.1, -0.05) is 397 Å². The fourth-order valence-electron chi connectivity index (χ4n) is 11.0. The summed E-state index contributed by atoms with van der Waals surface area (Å²) in [6, 6.07) is 77.2. The zero-order chi connectivity index (χ0) is 98.8. The van der Waals surface area contributed by atoms with Gasteiger partial charge >= 0.3 is 42.0 Å². The number of carbonyl (C=O) groups is 7. The number of hydrogen-bond donors (Lipinski definition) is 0.